The maximum atomic E-state index is 14.1. The third-order valence-electron chi connectivity index (χ3n) is 3.43. The van der Waals surface area contributed by atoms with E-state index in [2.05, 4.69) is 5.32 Å². The van der Waals surface area contributed by atoms with Crippen LogP contribution in [-0.2, 0) is 15.7 Å². The molecule has 1 atom stereocenters. The summed E-state index contributed by atoms with van der Waals surface area (Å²) in [5.41, 5.74) is -1.72. The van der Waals surface area contributed by atoms with E-state index in [1.165, 1.54) is 0 Å². The predicted octanol–water partition coefficient (Wildman–Crippen LogP) is 3.74. The van der Waals surface area contributed by atoms with Crippen LogP contribution in [0.1, 0.15) is 25.8 Å². The van der Waals surface area contributed by atoms with Gasteiger partial charge in [-0.3, -0.25) is 4.79 Å². The molecule has 5 nitrogen and oxygen atoms in total. The molecule has 1 aromatic rings. The molecule has 0 saturated carbocycles. The largest absolute Gasteiger partial charge is 0.436 e. The van der Waals surface area contributed by atoms with Gasteiger partial charge in [0.1, 0.15) is 5.82 Å². The topological polar surface area (TPSA) is 58.6 Å². The number of hydrogen-bond acceptors (Lipinski definition) is 3. The summed E-state index contributed by atoms with van der Waals surface area (Å²) < 4.78 is 57.1. The highest BCUT2D eigenvalue weighted by molar-refractivity contribution is 6.34. The van der Waals surface area contributed by atoms with Gasteiger partial charge in [0.15, 0.2) is 6.10 Å². The van der Waals surface area contributed by atoms with Crippen molar-refractivity contribution in [3.8, 4) is 0 Å². The van der Waals surface area contributed by atoms with Gasteiger partial charge in [-0.1, -0.05) is 11.6 Å². The van der Waals surface area contributed by atoms with Crippen LogP contribution in [0.15, 0.2) is 12.1 Å². The molecule has 1 saturated heterocycles. The van der Waals surface area contributed by atoms with Gasteiger partial charge in [0.05, 0.1) is 16.3 Å². The van der Waals surface area contributed by atoms with Crippen molar-refractivity contribution < 1.29 is 31.9 Å². The summed E-state index contributed by atoms with van der Waals surface area (Å²) in [6, 6.07) is 0.614. The van der Waals surface area contributed by atoms with E-state index in [0.29, 0.717) is 6.07 Å². The van der Waals surface area contributed by atoms with Gasteiger partial charge >= 0.3 is 12.3 Å². The SMILES string of the molecule is CC(C)NC(=O)OC1CCN(c2c(F)cc(C(F)(F)F)cc2Cl)C1=O. The minimum Gasteiger partial charge on any atom is -0.436 e. The Balaban J connectivity index is 2.21. The summed E-state index contributed by atoms with van der Waals surface area (Å²) in [6.45, 7) is 3.35. The summed E-state index contributed by atoms with van der Waals surface area (Å²) in [5, 5.41) is 1.89. The Hall–Kier alpha value is -2.03. The van der Waals surface area contributed by atoms with E-state index in [9.17, 15) is 27.2 Å². The number of carbonyl (C=O) groups is 2. The highest BCUT2D eigenvalue weighted by Gasteiger charge is 2.39. The van der Waals surface area contributed by atoms with Gasteiger partial charge in [-0.25, -0.2) is 9.18 Å². The Morgan fingerprint density at radius 1 is 1.40 bits per heavy atom. The maximum Gasteiger partial charge on any atom is 0.416 e. The number of nitrogens with one attached hydrogen (secondary N) is 1. The van der Waals surface area contributed by atoms with Gasteiger partial charge in [0.25, 0.3) is 5.91 Å². The summed E-state index contributed by atoms with van der Waals surface area (Å²) in [6.07, 6.45) is -6.66. The Morgan fingerprint density at radius 2 is 2.04 bits per heavy atom. The second kappa shape index (κ2) is 7.07. The summed E-state index contributed by atoms with van der Waals surface area (Å²) in [5.74, 6) is -2.03. The Morgan fingerprint density at radius 3 is 2.56 bits per heavy atom. The van der Waals surface area contributed by atoms with Crippen molar-refractivity contribution in [1.82, 2.24) is 5.32 Å². The monoisotopic (exact) mass is 382 g/mol. The zero-order chi connectivity index (χ0) is 18.9. The molecular weight excluding hydrogens is 368 g/mol. The molecule has 1 unspecified atom stereocenters. The number of rotatable bonds is 3. The lowest BCUT2D eigenvalue weighted by Crippen LogP contribution is -2.37. The molecule has 1 N–H and O–H groups in total. The molecular formula is C15H15ClF4N2O3. The van der Waals surface area contributed by atoms with Crippen molar-refractivity contribution in [3.63, 3.8) is 0 Å². The number of amides is 2. The van der Waals surface area contributed by atoms with Crippen LogP contribution in [0.3, 0.4) is 0 Å². The molecule has 0 spiro atoms. The van der Waals surface area contributed by atoms with Crippen LogP contribution in [0, 0.1) is 5.82 Å². The van der Waals surface area contributed by atoms with Gasteiger partial charge in [-0.2, -0.15) is 13.2 Å². The molecule has 138 valence electrons. The molecule has 0 aliphatic carbocycles. The molecule has 1 fully saturated rings. The first kappa shape index (κ1) is 19.3. The van der Waals surface area contributed by atoms with Gasteiger partial charge in [0.2, 0.25) is 0 Å². The Kier molecular flexibility index (Phi) is 5.46. The van der Waals surface area contributed by atoms with Gasteiger partial charge in [-0.15, -0.1) is 0 Å². The molecule has 10 heteroatoms. The van der Waals surface area contributed by atoms with E-state index < -0.39 is 46.4 Å². The van der Waals surface area contributed by atoms with Crippen LogP contribution < -0.4 is 10.2 Å². The number of alkyl carbamates (subject to hydrolysis) is 1. The van der Waals surface area contributed by atoms with Crippen molar-refractivity contribution in [2.75, 3.05) is 11.4 Å². The number of anilines is 1. The number of benzene rings is 1. The molecule has 1 heterocycles. The quantitative estimate of drug-likeness (QED) is 0.810. The molecule has 1 aliphatic rings. The summed E-state index contributed by atoms with van der Waals surface area (Å²) >= 11 is 5.75. The van der Waals surface area contributed by atoms with E-state index in [4.69, 9.17) is 16.3 Å². The van der Waals surface area contributed by atoms with Crippen molar-refractivity contribution in [2.24, 2.45) is 0 Å². The molecule has 0 aromatic heterocycles. The standard InChI is InChI=1S/C15H15ClF4N2O3/c1-7(2)21-14(24)25-11-3-4-22(13(11)23)12-9(16)5-8(6-10(12)17)15(18,19)20/h5-7,11H,3-4H2,1-2H3,(H,21,24). The fourth-order valence-electron chi connectivity index (χ4n) is 2.37. The minimum atomic E-state index is -4.77. The number of alkyl halides is 3. The zero-order valence-electron chi connectivity index (χ0n) is 13.3. The van der Waals surface area contributed by atoms with E-state index >= 15 is 0 Å². The summed E-state index contributed by atoms with van der Waals surface area (Å²) in [4.78, 5) is 24.7. The van der Waals surface area contributed by atoms with Crippen LogP contribution >= 0.6 is 11.6 Å². The lowest BCUT2D eigenvalue weighted by Gasteiger charge is -2.20. The average molecular weight is 383 g/mol. The van der Waals surface area contributed by atoms with Crippen LogP contribution in [0.4, 0.5) is 28.0 Å². The van der Waals surface area contributed by atoms with Gasteiger partial charge < -0.3 is 15.0 Å². The first-order valence-electron chi connectivity index (χ1n) is 7.35. The smallest absolute Gasteiger partial charge is 0.416 e. The molecule has 1 aliphatic heterocycles. The predicted molar refractivity (Wildman–Crippen MR) is 81.9 cm³/mol. The van der Waals surface area contributed by atoms with E-state index in [1.54, 1.807) is 13.8 Å². The number of halogens is 5. The van der Waals surface area contributed by atoms with E-state index in [0.717, 1.165) is 4.90 Å². The second-order valence-corrected chi connectivity index (χ2v) is 6.16. The third-order valence-corrected chi connectivity index (χ3v) is 3.71. The van der Waals surface area contributed by atoms with E-state index in [1.807, 2.05) is 0 Å². The van der Waals surface area contributed by atoms with Crippen LogP contribution in [0.2, 0.25) is 5.02 Å². The Labute approximate surface area is 145 Å². The van der Waals surface area contributed by atoms with Gasteiger partial charge in [0, 0.05) is 19.0 Å². The molecule has 1 aromatic carbocycles. The van der Waals surface area contributed by atoms with Gasteiger partial charge in [-0.05, 0) is 26.0 Å². The first-order valence-corrected chi connectivity index (χ1v) is 7.73. The van der Waals surface area contributed by atoms with Crippen molar-refractivity contribution in [1.29, 1.82) is 0 Å². The zero-order valence-corrected chi connectivity index (χ0v) is 14.0. The van der Waals surface area contributed by atoms with Crippen molar-refractivity contribution in [3.05, 3.63) is 28.5 Å². The number of ether oxygens (including phenoxy) is 1. The van der Waals surface area contributed by atoms with Crippen LogP contribution in [0.25, 0.3) is 0 Å². The first-order chi connectivity index (χ1) is 11.5. The summed E-state index contributed by atoms with van der Waals surface area (Å²) in [7, 11) is 0. The highest BCUT2D eigenvalue weighted by atomic mass is 35.5. The fourth-order valence-corrected chi connectivity index (χ4v) is 2.68. The molecule has 0 radical (unpaired) electrons. The molecule has 2 amide bonds. The number of carbonyl (C=O) groups excluding carboxylic acids is 2. The lowest BCUT2D eigenvalue weighted by molar-refractivity contribution is -0.137. The van der Waals surface area contributed by atoms with E-state index in [-0.39, 0.29) is 25.1 Å². The lowest BCUT2D eigenvalue weighted by atomic mass is 10.1. The van der Waals surface area contributed by atoms with Crippen molar-refractivity contribution in [2.45, 2.75) is 38.6 Å². The van der Waals surface area contributed by atoms with Crippen molar-refractivity contribution >= 4 is 29.3 Å². The average Bonchev–Trinajstić information content (AvgIpc) is 2.78. The second-order valence-electron chi connectivity index (χ2n) is 5.76. The molecule has 0 bridgehead atoms. The van der Waals surface area contributed by atoms with Crippen LogP contribution in [0.5, 0.6) is 0 Å². The van der Waals surface area contributed by atoms with Crippen LogP contribution in [-0.4, -0.2) is 30.7 Å². The fraction of sp³-hybridized carbons (Fsp3) is 0.467. The molecule has 2 rings (SSSR count). The highest BCUT2D eigenvalue weighted by Crippen LogP contribution is 2.38. The third kappa shape index (κ3) is 4.33. The number of nitrogens with zero attached hydrogens (tertiary/aromatic N) is 1. The molecule has 25 heavy (non-hydrogen) atoms. The normalized spacial score (nSPS) is 18.0. The number of hydrogen-bond donors (Lipinski definition) is 1. The minimum absolute atomic E-state index is 0.0412. The maximum absolute atomic E-state index is 14.1. The Bertz CT molecular complexity index is 671.